The molecule has 0 nitrogen and oxygen atoms in total. The summed E-state index contributed by atoms with van der Waals surface area (Å²) in [5.41, 5.74) is 3.36. The van der Waals surface area contributed by atoms with Gasteiger partial charge in [-0.05, 0) is 23.3 Å². The van der Waals surface area contributed by atoms with Gasteiger partial charge < -0.3 is 0 Å². The van der Waals surface area contributed by atoms with E-state index in [1.807, 2.05) is 0 Å². The molecule has 2 rings (SSSR count). The predicted octanol–water partition coefficient (Wildman–Crippen LogP) is 4.55. The molecule has 80 valence electrons. The number of hydrogen-bond acceptors (Lipinski definition) is 0. The van der Waals surface area contributed by atoms with Gasteiger partial charge in [-0.2, -0.15) is 0 Å². The Kier molecular flexibility index (Phi) is 3.19. The number of rotatable bonds is 2. The summed E-state index contributed by atoms with van der Waals surface area (Å²) < 4.78 is 1.27. The van der Waals surface area contributed by atoms with Crippen LogP contribution in [0.25, 0.3) is 6.08 Å². The molecule has 0 N–H and O–H groups in total. The van der Waals surface area contributed by atoms with Crippen molar-refractivity contribution in [3.05, 3.63) is 41.5 Å². The highest BCUT2D eigenvalue weighted by Crippen LogP contribution is 2.52. The molecule has 0 aliphatic heterocycles. The van der Waals surface area contributed by atoms with Crippen molar-refractivity contribution in [1.29, 1.82) is 0 Å². The average molecular weight is 312 g/mol. The minimum Gasteiger partial charge on any atom is -0.0860 e. The number of allylic oxidation sites excluding steroid dienone is 1. The largest absolute Gasteiger partial charge is 0.0860 e. The summed E-state index contributed by atoms with van der Waals surface area (Å²) in [5, 5.41) is 0. The first-order valence-electron chi connectivity index (χ1n) is 5.46. The van der Waals surface area contributed by atoms with E-state index in [1.54, 1.807) is 5.57 Å². The van der Waals surface area contributed by atoms with E-state index in [4.69, 9.17) is 0 Å². The molecule has 0 heterocycles. The van der Waals surface area contributed by atoms with Crippen molar-refractivity contribution >= 4 is 28.7 Å². The van der Waals surface area contributed by atoms with Crippen molar-refractivity contribution in [1.82, 2.24) is 0 Å². The van der Waals surface area contributed by atoms with Crippen LogP contribution in [0, 0.1) is 11.3 Å². The molecular formula is C14H17I. The van der Waals surface area contributed by atoms with E-state index in [0.29, 0.717) is 5.41 Å². The highest BCUT2D eigenvalue weighted by molar-refractivity contribution is 14.1. The summed E-state index contributed by atoms with van der Waals surface area (Å²) in [6.07, 6.45) is 3.65. The van der Waals surface area contributed by atoms with Gasteiger partial charge in [0.15, 0.2) is 0 Å². The Morgan fingerprint density at radius 2 is 2.00 bits per heavy atom. The molecule has 1 atom stereocenters. The SMILES string of the molecule is CC1(C)C(=Cc2ccccc2)CC1CI. The van der Waals surface area contributed by atoms with E-state index in [9.17, 15) is 0 Å². The zero-order valence-corrected chi connectivity index (χ0v) is 11.5. The van der Waals surface area contributed by atoms with Gasteiger partial charge in [0, 0.05) is 4.43 Å². The fourth-order valence-corrected chi connectivity index (χ4v) is 3.57. The van der Waals surface area contributed by atoms with Crippen LogP contribution < -0.4 is 0 Å². The molecule has 0 saturated heterocycles. The molecule has 1 aliphatic carbocycles. The second kappa shape index (κ2) is 4.28. The Hall–Kier alpha value is -0.310. The quantitative estimate of drug-likeness (QED) is 0.555. The predicted molar refractivity (Wildman–Crippen MR) is 75.2 cm³/mol. The van der Waals surface area contributed by atoms with E-state index in [0.717, 1.165) is 5.92 Å². The molecule has 15 heavy (non-hydrogen) atoms. The second-order valence-corrected chi connectivity index (χ2v) is 5.74. The van der Waals surface area contributed by atoms with Gasteiger partial charge in [0.25, 0.3) is 0 Å². The second-order valence-electron chi connectivity index (χ2n) is 4.86. The minimum absolute atomic E-state index is 0.414. The lowest BCUT2D eigenvalue weighted by Crippen LogP contribution is -2.38. The summed E-state index contributed by atoms with van der Waals surface area (Å²) in [4.78, 5) is 0. The van der Waals surface area contributed by atoms with E-state index in [2.05, 4.69) is 72.8 Å². The summed E-state index contributed by atoms with van der Waals surface area (Å²) in [6.45, 7) is 4.74. The molecule has 1 fully saturated rings. The lowest BCUT2D eigenvalue weighted by molar-refractivity contribution is 0.198. The average Bonchev–Trinajstić information content (AvgIpc) is 2.25. The third-order valence-electron chi connectivity index (χ3n) is 3.64. The number of hydrogen-bond donors (Lipinski definition) is 0. The van der Waals surface area contributed by atoms with E-state index < -0.39 is 0 Å². The monoisotopic (exact) mass is 312 g/mol. The molecule has 0 aromatic heterocycles. The maximum absolute atomic E-state index is 2.50. The zero-order valence-electron chi connectivity index (χ0n) is 9.33. The Bertz CT molecular complexity index is 362. The molecule has 0 radical (unpaired) electrons. The van der Waals surface area contributed by atoms with Crippen LogP contribution in [-0.2, 0) is 0 Å². The fourth-order valence-electron chi connectivity index (χ4n) is 2.16. The fraction of sp³-hybridized carbons (Fsp3) is 0.429. The number of alkyl halides is 1. The van der Waals surface area contributed by atoms with Crippen molar-refractivity contribution in [3.8, 4) is 0 Å². The topological polar surface area (TPSA) is 0 Å². The Morgan fingerprint density at radius 3 is 2.53 bits per heavy atom. The molecule has 0 amide bonds. The van der Waals surface area contributed by atoms with Crippen LogP contribution in [-0.4, -0.2) is 4.43 Å². The maximum Gasteiger partial charge on any atom is 0.00349 e. The zero-order chi connectivity index (χ0) is 10.9. The van der Waals surface area contributed by atoms with Gasteiger partial charge >= 0.3 is 0 Å². The highest BCUT2D eigenvalue weighted by Gasteiger charge is 2.42. The molecular weight excluding hydrogens is 295 g/mol. The molecule has 1 heteroatoms. The van der Waals surface area contributed by atoms with Crippen LogP contribution in [0.4, 0.5) is 0 Å². The van der Waals surface area contributed by atoms with Crippen molar-refractivity contribution in [2.75, 3.05) is 4.43 Å². The number of halogens is 1. The van der Waals surface area contributed by atoms with Gasteiger partial charge in [-0.3, -0.25) is 0 Å². The van der Waals surface area contributed by atoms with Crippen LogP contribution in [0.2, 0.25) is 0 Å². The number of benzene rings is 1. The molecule has 1 saturated carbocycles. The molecule has 0 bridgehead atoms. The summed E-state index contributed by atoms with van der Waals surface area (Å²) in [6, 6.07) is 10.6. The van der Waals surface area contributed by atoms with Crippen molar-refractivity contribution in [3.63, 3.8) is 0 Å². The molecule has 1 aromatic rings. The van der Waals surface area contributed by atoms with Crippen LogP contribution >= 0.6 is 22.6 Å². The molecule has 1 aliphatic rings. The van der Waals surface area contributed by atoms with Crippen LogP contribution in [0.5, 0.6) is 0 Å². The molecule has 1 unspecified atom stereocenters. The Labute approximate surface area is 106 Å². The molecule has 1 aromatic carbocycles. The van der Waals surface area contributed by atoms with Gasteiger partial charge in [-0.1, -0.05) is 78.4 Å². The first-order chi connectivity index (χ1) is 7.14. The van der Waals surface area contributed by atoms with Crippen LogP contribution in [0.15, 0.2) is 35.9 Å². The lowest BCUT2D eigenvalue weighted by Gasteiger charge is -2.47. The smallest absolute Gasteiger partial charge is 0.00349 e. The van der Waals surface area contributed by atoms with Crippen molar-refractivity contribution in [2.24, 2.45) is 11.3 Å². The minimum atomic E-state index is 0.414. The lowest BCUT2D eigenvalue weighted by atomic mass is 9.59. The summed E-state index contributed by atoms with van der Waals surface area (Å²) >= 11 is 2.50. The first kappa shape index (κ1) is 11.2. The normalized spacial score (nSPS) is 26.3. The Balaban J connectivity index is 2.18. The Morgan fingerprint density at radius 1 is 1.33 bits per heavy atom. The summed E-state index contributed by atoms with van der Waals surface area (Å²) in [7, 11) is 0. The van der Waals surface area contributed by atoms with Gasteiger partial charge in [-0.15, -0.1) is 0 Å². The van der Waals surface area contributed by atoms with Crippen molar-refractivity contribution in [2.45, 2.75) is 20.3 Å². The van der Waals surface area contributed by atoms with Gasteiger partial charge in [0.2, 0.25) is 0 Å². The van der Waals surface area contributed by atoms with E-state index >= 15 is 0 Å². The van der Waals surface area contributed by atoms with Gasteiger partial charge in [0.05, 0.1) is 0 Å². The standard InChI is InChI=1S/C14H17I/c1-14(2)12(9-13(14)10-15)8-11-6-4-3-5-7-11/h3-8,13H,9-10H2,1-2H3. The molecule has 0 spiro atoms. The van der Waals surface area contributed by atoms with Gasteiger partial charge in [0.1, 0.15) is 0 Å². The third kappa shape index (κ3) is 2.12. The summed E-state index contributed by atoms with van der Waals surface area (Å²) in [5.74, 6) is 0.869. The van der Waals surface area contributed by atoms with E-state index in [1.165, 1.54) is 16.4 Å². The third-order valence-corrected chi connectivity index (χ3v) is 4.70. The van der Waals surface area contributed by atoms with Crippen LogP contribution in [0.1, 0.15) is 25.8 Å². The highest BCUT2D eigenvalue weighted by atomic mass is 127. The maximum atomic E-state index is 2.50. The van der Waals surface area contributed by atoms with E-state index in [-0.39, 0.29) is 0 Å². The van der Waals surface area contributed by atoms with Crippen molar-refractivity contribution < 1.29 is 0 Å². The first-order valence-corrected chi connectivity index (χ1v) is 6.99. The van der Waals surface area contributed by atoms with Crippen LogP contribution in [0.3, 0.4) is 0 Å². The van der Waals surface area contributed by atoms with Gasteiger partial charge in [-0.25, -0.2) is 0 Å².